The summed E-state index contributed by atoms with van der Waals surface area (Å²) in [6, 6.07) is 0. The van der Waals surface area contributed by atoms with E-state index in [0.29, 0.717) is 19.6 Å². The van der Waals surface area contributed by atoms with Crippen LogP contribution in [0.5, 0.6) is 0 Å². The van der Waals surface area contributed by atoms with Gasteiger partial charge in [-0.05, 0) is 26.7 Å². The zero-order chi connectivity index (χ0) is 11.4. The number of allylic oxidation sites excluding steroid dienone is 1. The van der Waals surface area contributed by atoms with E-state index in [1.165, 1.54) is 0 Å². The van der Waals surface area contributed by atoms with Gasteiger partial charge in [0.25, 0.3) is 0 Å². The molecule has 1 rings (SSSR count). The molecular formula is C13H20O2. The van der Waals surface area contributed by atoms with Crippen molar-refractivity contribution in [1.29, 1.82) is 0 Å². The van der Waals surface area contributed by atoms with E-state index < -0.39 is 5.79 Å². The Labute approximate surface area is 92.6 Å². The van der Waals surface area contributed by atoms with Gasteiger partial charge in [0.2, 0.25) is 0 Å². The smallest absolute Gasteiger partial charge is 0.162 e. The first-order valence-electron chi connectivity index (χ1n) is 5.36. The highest BCUT2D eigenvalue weighted by molar-refractivity contribution is 4.97. The van der Waals surface area contributed by atoms with E-state index in [0.717, 1.165) is 12.8 Å². The summed E-state index contributed by atoms with van der Waals surface area (Å²) >= 11 is 0. The molecular weight excluding hydrogens is 188 g/mol. The Kier molecular flexibility index (Phi) is 3.96. The summed E-state index contributed by atoms with van der Waals surface area (Å²) in [4.78, 5) is 0. The Morgan fingerprint density at radius 2 is 2.00 bits per heavy atom. The third-order valence-electron chi connectivity index (χ3n) is 2.81. The standard InChI is InChI=1S/C13H20O2/c1-5-7-9-13(8-6-2)10-14-12(3,4)15-11-13/h2,5H,1,7-11H2,3-4H3. The Morgan fingerprint density at radius 3 is 2.47 bits per heavy atom. The lowest BCUT2D eigenvalue weighted by molar-refractivity contribution is -0.285. The fourth-order valence-corrected chi connectivity index (χ4v) is 1.70. The normalized spacial score (nSPS) is 23.0. The van der Waals surface area contributed by atoms with Crippen LogP contribution >= 0.6 is 0 Å². The average Bonchev–Trinajstić information content (AvgIpc) is 2.20. The number of terminal acetylenes is 1. The zero-order valence-electron chi connectivity index (χ0n) is 9.71. The largest absolute Gasteiger partial charge is 0.350 e. The molecule has 1 heterocycles. The van der Waals surface area contributed by atoms with E-state index in [2.05, 4.69) is 12.5 Å². The first-order chi connectivity index (χ1) is 7.04. The maximum absolute atomic E-state index is 5.68. The first-order valence-corrected chi connectivity index (χ1v) is 5.36. The van der Waals surface area contributed by atoms with Crippen LogP contribution in [-0.4, -0.2) is 19.0 Å². The topological polar surface area (TPSA) is 18.5 Å². The SMILES string of the molecule is C#CCC1(CCC=C)COC(C)(C)OC1. The molecule has 0 aromatic rings. The lowest BCUT2D eigenvalue weighted by Crippen LogP contribution is -2.46. The van der Waals surface area contributed by atoms with Gasteiger partial charge < -0.3 is 9.47 Å². The summed E-state index contributed by atoms with van der Waals surface area (Å²) in [5.74, 6) is 2.25. The van der Waals surface area contributed by atoms with E-state index in [-0.39, 0.29) is 5.41 Å². The minimum Gasteiger partial charge on any atom is -0.350 e. The van der Waals surface area contributed by atoms with Crippen molar-refractivity contribution < 1.29 is 9.47 Å². The molecule has 2 nitrogen and oxygen atoms in total. The van der Waals surface area contributed by atoms with Crippen LogP contribution in [0, 0.1) is 17.8 Å². The maximum Gasteiger partial charge on any atom is 0.162 e. The van der Waals surface area contributed by atoms with Crippen LogP contribution in [-0.2, 0) is 9.47 Å². The molecule has 0 spiro atoms. The number of rotatable bonds is 4. The van der Waals surface area contributed by atoms with Gasteiger partial charge in [0.05, 0.1) is 13.2 Å². The predicted octanol–water partition coefficient (Wildman–Crippen LogP) is 2.75. The monoisotopic (exact) mass is 208 g/mol. The number of ether oxygens (including phenoxy) is 2. The molecule has 15 heavy (non-hydrogen) atoms. The van der Waals surface area contributed by atoms with Gasteiger partial charge in [-0.15, -0.1) is 18.9 Å². The molecule has 84 valence electrons. The third kappa shape index (κ3) is 3.37. The molecule has 0 aliphatic carbocycles. The van der Waals surface area contributed by atoms with Gasteiger partial charge in [-0.2, -0.15) is 0 Å². The second-order valence-electron chi connectivity index (χ2n) is 4.69. The molecule has 1 aliphatic heterocycles. The summed E-state index contributed by atoms with van der Waals surface area (Å²) in [7, 11) is 0. The molecule has 0 N–H and O–H groups in total. The van der Waals surface area contributed by atoms with Gasteiger partial charge in [0.15, 0.2) is 5.79 Å². The summed E-state index contributed by atoms with van der Waals surface area (Å²) < 4.78 is 11.4. The van der Waals surface area contributed by atoms with E-state index >= 15 is 0 Å². The van der Waals surface area contributed by atoms with Crippen LogP contribution in [0.25, 0.3) is 0 Å². The molecule has 0 amide bonds. The van der Waals surface area contributed by atoms with Gasteiger partial charge in [0.1, 0.15) is 0 Å². The number of hydrogen-bond acceptors (Lipinski definition) is 2. The zero-order valence-corrected chi connectivity index (χ0v) is 9.71. The highest BCUT2D eigenvalue weighted by Crippen LogP contribution is 2.36. The molecule has 0 bridgehead atoms. The maximum atomic E-state index is 5.68. The predicted molar refractivity (Wildman–Crippen MR) is 61.3 cm³/mol. The minimum atomic E-state index is -0.466. The average molecular weight is 208 g/mol. The lowest BCUT2D eigenvalue weighted by Gasteiger charge is -2.42. The van der Waals surface area contributed by atoms with Gasteiger partial charge in [-0.25, -0.2) is 0 Å². The van der Waals surface area contributed by atoms with Crippen LogP contribution in [0.1, 0.15) is 33.1 Å². The Hall–Kier alpha value is -0.780. The summed E-state index contributed by atoms with van der Waals surface area (Å²) in [5.41, 5.74) is -0.0154. The summed E-state index contributed by atoms with van der Waals surface area (Å²) in [6.45, 7) is 8.95. The second kappa shape index (κ2) is 4.83. The molecule has 1 saturated heterocycles. The van der Waals surface area contributed by atoms with Crippen molar-refractivity contribution in [3.63, 3.8) is 0 Å². The fraction of sp³-hybridized carbons (Fsp3) is 0.692. The van der Waals surface area contributed by atoms with Crippen molar-refractivity contribution >= 4 is 0 Å². The van der Waals surface area contributed by atoms with Gasteiger partial charge in [-0.1, -0.05) is 6.08 Å². The molecule has 0 aromatic heterocycles. The molecule has 0 unspecified atom stereocenters. The van der Waals surface area contributed by atoms with E-state index in [1.807, 2.05) is 19.9 Å². The second-order valence-corrected chi connectivity index (χ2v) is 4.69. The third-order valence-corrected chi connectivity index (χ3v) is 2.81. The van der Waals surface area contributed by atoms with Gasteiger partial charge in [0, 0.05) is 11.8 Å². The molecule has 1 aliphatic rings. The van der Waals surface area contributed by atoms with E-state index in [4.69, 9.17) is 15.9 Å². The van der Waals surface area contributed by atoms with Crippen LogP contribution in [0.3, 0.4) is 0 Å². The number of hydrogen-bond donors (Lipinski definition) is 0. The van der Waals surface area contributed by atoms with Gasteiger partial charge in [-0.3, -0.25) is 0 Å². The van der Waals surface area contributed by atoms with Crippen molar-refractivity contribution in [1.82, 2.24) is 0 Å². The van der Waals surface area contributed by atoms with Crippen molar-refractivity contribution in [2.45, 2.75) is 38.9 Å². The van der Waals surface area contributed by atoms with Crippen LogP contribution in [0.15, 0.2) is 12.7 Å². The Bertz CT molecular complexity index is 250. The molecule has 0 aromatic carbocycles. The van der Waals surface area contributed by atoms with E-state index in [1.54, 1.807) is 0 Å². The van der Waals surface area contributed by atoms with Crippen molar-refractivity contribution in [2.75, 3.05) is 13.2 Å². The molecule has 1 fully saturated rings. The summed E-state index contributed by atoms with van der Waals surface area (Å²) in [5, 5.41) is 0. The fourth-order valence-electron chi connectivity index (χ4n) is 1.70. The van der Waals surface area contributed by atoms with Crippen molar-refractivity contribution in [3.05, 3.63) is 12.7 Å². The highest BCUT2D eigenvalue weighted by Gasteiger charge is 2.38. The van der Waals surface area contributed by atoms with Crippen LogP contribution < -0.4 is 0 Å². The lowest BCUT2D eigenvalue weighted by atomic mass is 9.81. The highest BCUT2D eigenvalue weighted by atomic mass is 16.7. The van der Waals surface area contributed by atoms with E-state index in [9.17, 15) is 0 Å². The van der Waals surface area contributed by atoms with Crippen LogP contribution in [0.4, 0.5) is 0 Å². The minimum absolute atomic E-state index is 0.0154. The molecule has 2 heteroatoms. The van der Waals surface area contributed by atoms with Gasteiger partial charge >= 0.3 is 0 Å². The van der Waals surface area contributed by atoms with Crippen LogP contribution in [0.2, 0.25) is 0 Å². The summed E-state index contributed by atoms with van der Waals surface area (Å²) in [6.07, 6.45) is 9.95. The Morgan fingerprint density at radius 1 is 1.40 bits per heavy atom. The Balaban J connectivity index is 2.60. The first kappa shape index (κ1) is 12.3. The van der Waals surface area contributed by atoms with Crippen molar-refractivity contribution in [2.24, 2.45) is 5.41 Å². The molecule has 0 radical (unpaired) electrons. The molecule has 0 atom stereocenters. The quantitative estimate of drug-likeness (QED) is 0.522. The molecule has 0 saturated carbocycles. The van der Waals surface area contributed by atoms with Crippen molar-refractivity contribution in [3.8, 4) is 12.3 Å².